The Labute approximate surface area is 150 Å². The van der Waals surface area contributed by atoms with Crippen molar-refractivity contribution in [3.63, 3.8) is 0 Å². The molecule has 1 aliphatic heterocycles. The summed E-state index contributed by atoms with van der Waals surface area (Å²) in [5.74, 6) is 0.471. The third-order valence-corrected chi connectivity index (χ3v) is 5.25. The van der Waals surface area contributed by atoms with Crippen molar-refractivity contribution < 1.29 is 14.8 Å². The van der Waals surface area contributed by atoms with E-state index in [-0.39, 0.29) is 5.91 Å². The molecule has 0 radical (unpaired) electrons. The van der Waals surface area contributed by atoms with E-state index >= 15 is 0 Å². The van der Waals surface area contributed by atoms with Crippen LogP contribution in [0.15, 0.2) is 35.9 Å². The molecule has 0 aromatic heterocycles. The second-order valence-electron chi connectivity index (χ2n) is 7.14. The van der Waals surface area contributed by atoms with Crippen LogP contribution in [-0.4, -0.2) is 50.3 Å². The normalized spacial score (nSPS) is 18.7. The monoisotopic (exact) mass is 344 g/mol. The molecule has 2 aliphatic rings. The van der Waals surface area contributed by atoms with Crippen molar-refractivity contribution in [1.29, 1.82) is 0 Å². The van der Waals surface area contributed by atoms with Crippen molar-refractivity contribution in [3.05, 3.63) is 35.9 Å². The number of benzene rings is 1. The Morgan fingerprint density at radius 2 is 1.92 bits per heavy atom. The second kappa shape index (κ2) is 8.90. The highest BCUT2D eigenvalue weighted by atomic mass is 16.3. The van der Waals surface area contributed by atoms with Crippen molar-refractivity contribution >= 4 is 11.6 Å². The van der Waals surface area contributed by atoms with Crippen LogP contribution in [-0.2, 0) is 4.79 Å². The number of nitrogens with zero attached hydrogens (tertiary/aromatic N) is 1. The van der Waals surface area contributed by atoms with E-state index in [0.717, 1.165) is 44.8 Å². The largest absolute Gasteiger partial charge is 0.508 e. The Balaban J connectivity index is 1.34. The molecule has 1 saturated heterocycles. The number of aromatic hydroxyl groups is 1. The standard InChI is InChI=1S/C20H29N3O2/c24-19-8-6-18(7-9-19)23-14-12-22(13-15-23)16-20(25)21-11-10-17-4-2-1-3-5-17/h4,6-9,24H,1-3,5,10-16H2,(H,21,25)/p+1. The van der Waals surface area contributed by atoms with Crippen LogP contribution in [0, 0.1) is 0 Å². The molecule has 5 heteroatoms. The number of carbonyl (C=O) groups is 1. The lowest BCUT2D eigenvalue weighted by Gasteiger charge is -2.33. The topological polar surface area (TPSA) is 57.0 Å². The summed E-state index contributed by atoms with van der Waals surface area (Å²) in [4.78, 5) is 15.8. The van der Waals surface area contributed by atoms with Gasteiger partial charge in [0.15, 0.2) is 6.54 Å². The highest BCUT2D eigenvalue weighted by Crippen LogP contribution is 2.19. The summed E-state index contributed by atoms with van der Waals surface area (Å²) in [5.41, 5.74) is 2.66. The van der Waals surface area contributed by atoms with Gasteiger partial charge in [0.05, 0.1) is 26.2 Å². The first-order chi connectivity index (χ1) is 12.2. The van der Waals surface area contributed by atoms with Crippen LogP contribution in [0.1, 0.15) is 32.1 Å². The zero-order chi connectivity index (χ0) is 17.5. The van der Waals surface area contributed by atoms with Gasteiger partial charge >= 0.3 is 0 Å². The molecule has 0 unspecified atom stereocenters. The number of phenols is 1. The zero-order valence-electron chi connectivity index (χ0n) is 15.0. The van der Waals surface area contributed by atoms with Crippen LogP contribution in [0.2, 0.25) is 0 Å². The van der Waals surface area contributed by atoms with E-state index in [1.54, 1.807) is 12.1 Å². The summed E-state index contributed by atoms with van der Waals surface area (Å²) >= 11 is 0. The molecule has 1 aromatic rings. The molecular weight excluding hydrogens is 314 g/mol. The van der Waals surface area contributed by atoms with Gasteiger partial charge in [-0.15, -0.1) is 0 Å². The molecule has 1 heterocycles. The predicted molar refractivity (Wildman–Crippen MR) is 100 cm³/mol. The number of amides is 1. The molecule has 3 rings (SSSR count). The molecule has 25 heavy (non-hydrogen) atoms. The van der Waals surface area contributed by atoms with E-state index < -0.39 is 0 Å². The lowest BCUT2D eigenvalue weighted by molar-refractivity contribution is -0.892. The minimum Gasteiger partial charge on any atom is -0.508 e. The highest BCUT2D eigenvalue weighted by molar-refractivity contribution is 5.76. The van der Waals surface area contributed by atoms with Crippen molar-refractivity contribution in [2.75, 3.05) is 44.2 Å². The van der Waals surface area contributed by atoms with Gasteiger partial charge in [-0.25, -0.2) is 0 Å². The maximum atomic E-state index is 12.1. The molecule has 5 nitrogen and oxygen atoms in total. The summed E-state index contributed by atoms with van der Waals surface area (Å²) in [6.07, 6.45) is 8.39. The van der Waals surface area contributed by atoms with Crippen LogP contribution in [0.25, 0.3) is 0 Å². The fourth-order valence-electron chi connectivity index (χ4n) is 3.71. The summed E-state index contributed by atoms with van der Waals surface area (Å²) < 4.78 is 0. The first kappa shape index (κ1) is 17.8. The van der Waals surface area contributed by atoms with E-state index in [9.17, 15) is 9.90 Å². The van der Waals surface area contributed by atoms with Crippen LogP contribution in [0.3, 0.4) is 0 Å². The van der Waals surface area contributed by atoms with Crippen molar-refractivity contribution in [2.24, 2.45) is 0 Å². The van der Waals surface area contributed by atoms with Gasteiger partial charge in [-0.05, 0) is 56.4 Å². The third kappa shape index (κ3) is 5.49. The minimum atomic E-state index is 0.171. The number of piperazine rings is 1. The van der Waals surface area contributed by atoms with Gasteiger partial charge in [0.1, 0.15) is 5.75 Å². The van der Waals surface area contributed by atoms with Gasteiger partial charge in [-0.2, -0.15) is 0 Å². The van der Waals surface area contributed by atoms with Gasteiger partial charge in [-0.3, -0.25) is 4.79 Å². The Morgan fingerprint density at radius 3 is 2.60 bits per heavy atom. The van der Waals surface area contributed by atoms with Crippen LogP contribution in [0.4, 0.5) is 5.69 Å². The molecule has 0 spiro atoms. The summed E-state index contributed by atoms with van der Waals surface area (Å²) in [5, 5.41) is 12.5. The predicted octanol–water partition coefficient (Wildman–Crippen LogP) is 1.10. The number of phenolic OH excluding ortho intramolecular Hbond substituents is 1. The number of allylic oxidation sites excluding steroid dienone is 1. The maximum absolute atomic E-state index is 12.1. The first-order valence-electron chi connectivity index (χ1n) is 9.53. The number of anilines is 1. The van der Waals surface area contributed by atoms with Crippen molar-refractivity contribution in [3.8, 4) is 5.75 Å². The van der Waals surface area contributed by atoms with Crippen molar-refractivity contribution in [2.45, 2.75) is 32.1 Å². The van der Waals surface area contributed by atoms with Gasteiger partial charge < -0.3 is 20.2 Å². The van der Waals surface area contributed by atoms with Crippen molar-refractivity contribution in [1.82, 2.24) is 5.32 Å². The molecule has 1 fully saturated rings. The van der Waals surface area contributed by atoms with E-state index in [1.807, 2.05) is 12.1 Å². The fraction of sp³-hybridized carbons (Fsp3) is 0.550. The Morgan fingerprint density at radius 1 is 1.16 bits per heavy atom. The Bertz CT molecular complexity index is 589. The molecule has 0 saturated carbocycles. The summed E-state index contributed by atoms with van der Waals surface area (Å²) in [7, 11) is 0. The fourth-order valence-corrected chi connectivity index (χ4v) is 3.71. The average Bonchev–Trinajstić information content (AvgIpc) is 2.64. The molecule has 1 aliphatic carbocycles. The number of hydrogen-bond donors (Lipinski definition) is 3. The van der Waals surface area contributed by atoms with E-state index in [1.165, 1.54) is 36.2 Å². The third-order valence-electron chi connectivity index (χ3n) is 5.25. The van der Waals surface area contributed by atoms with Crippen LogP contribution >= 0.6 is 0 Å². The van der Waals surface area contributed by atoms with Gasteiger partial charge in [0, 0.05) is 12.2 Å². The molecule has 0 bridgehead atoms. The summed E-state index contributed by atoms with van der Waals surface area (Å²) in [6.45, 7) is 5.18. The average molecular weight is 344 g/mol. The summed E-state index contributed by atoms with van der Waals surface area (Å²) in [6, 6.07) is 7.35. The van der Waals surface area contributed by atoms with Crippen LogP contribution in [0.5, 0.6) is 5.75 Å². The second-order valence-corrected chi connectivity index (χ2v) is 7.14. The number of hydrogen-bond acceptors (Lipinski definition) is 3. The van der Waals surface area contributed by atoms with E-state index in [0.29, 0.717) is 12.3 Å². The van der Waals surface area contributed by atoms with Gasteiger partial charge in [0.25, 0.3) is 5.91 Å². The van der Waals surface area contributed by atoms with Gasteiger partial charge in [-0.1, -0.05) is 11.6 Å². The zero-order valence-corrected chi connectivity index (χ0v) is 15.0. The number of quaternary nitrogens is 1. The molecule has 136 valence electrons. The van der Waals surface area contributed by atoms with Crippen LogP contribution < -0.4 is 15.1 Å². The highest BCUT2D eigenvalue weighted by Gasteiger charge is 2.22. The Hall–Kier alpha value is -2.01. The number of carbonyl (C=O) groups excluding carboxylic acids is 1. The molecular formula is C20H30N3O2+. The van der Waals surface area contributed by atoms with E-state index in [4.69, 9.17) is 0 Å². The SMILES string of the molecule is O=C(C[NH+]1CCN(c2ccc(O)cc2)CC1)NCCC1=CCCCC1. The quantitative estimate of drug-likeness (QED) is 0.678. The van der Waals surface area contributed by atoms with E-state index in [2.05, 4.69) is 16.3 Å². The minimum absolute atomic E-state index is 0.171. The Kier molecular flexibility index (Phi) is 6.34. The lowest BCUT2D eigenvalue weighted by atomic mass is 9.97. The maximum Gasteiger partial charge on any atom is 0.275 e. The number of rotatable bonds is 6. The number of nitrogens with one attached hydrogen (secondary N) is 2. The lowest BCUT2D eigenvalue weighted by Crippen LogP contribution is -3.15. The molecule has 1 aromatic carbocycles. The molecule has 0 atom stereocenters. The van der Waals surface area contributed by atoms with Gasteiger partial charge in [0.2, 0.25) is 0 Å². The smallest absolute Gasteiger partial charge is 0.275 e. The molecule has 3 N–H and O–H groups in total. The molecule has 1 amide bonds. The first-order valence-corrected chi connectivity index (χ1v) is 9.53.